The van der Waals surface area contributed by atoms with Crippen molar-refractivity contribution < 1.29 is 0 Å². The van der Waals surface area contributed by atoms with Crippen molar-refractivity contribution in [1.82, 2.24) is 0 Å². The molecule has 0 aliphatic carbocycles. The van der Waals surface area contributed by atoms with E-state index in [0.29, 0.717) is 0 Å². The van der Waals surface area contributed by atoms with Crippen LogP contribution in [0.4, 0.5) is 0 Å². The van der Waals surface area contributed by atoms with Gasteiger partial charge >= 0.3 is 0 Å². The summed E-state index contributed by atoms with van der Waals surface area (Å²) in [5.74, 6) is 0. The van der Waals surface area contributed by atoms with E-state index in [2.05, 4.69) is 37.3 Å². The Labute approximate surface area is 109 Å². The second-order valence-corrected chi connectivity index (χ2v) is 4.98. The van der Waals surface area contributed by atoms with Gasteiger partial charge < -0.3 is 0 Å². The lowest BCUT2D eigenvalue weighted by atomic mass is 9.78. The highest BCUT2D eigenvalue weighted by atomic mass is 14.4. The lowest BCUT2D eigenvalue weighted by molar-refractivity contribution is 0.606. The van der Waals surface area contributed by atoms with Crippen LogP contribution in [0.5, 0.6) is 0 Å². The van der Waals surface area contributed by atoms with E-state index in [-0.39, 0.29) is 0 Å². The summed E-state index contributed by atoms with van der Waals surface area (Å²) in [6.07, 6.45) is 0.744. The van der Waals surface area contributed by atoms with Crippen molar-refractivity contribution in [3.8, 4) is 6.07 Å². The van der Waals surface area contributed by atoms with Crippen LogP contribution in [0.25, 0.3) is 0 Å². The van der Waals surface area contributed by atoms with Crippen LogP contribution in [-0.4, -0.2) is 0 Å². The maximum atomic E-state index is 9.54. The van der Waals surface area contributed by atoms with Gasteiger partial charge in [0.25, 0.3) is 0 Å². The molecular formula is C17H17N. The zero-order chi connectivity index (χ0) is 13.0. The van der Waals surface area contributed by atoms with Gasteiger partial charge in [-0.3, -0.25) is 0 Å². The number of hydrogen-bond acceptors (Lipinski definition) is 1. The molecule has 0 aromatic heterocycles. The van der Waals surface area contributed by atoms with E-state index in [1.54, 1.807) is 0 Å². The van der Waals surface area contributed by atoms with Crippen LogP contribution < -0.4 is 0 Å². The number of rotatable bonds is 3. The largest absolute Gasteiger partial charge is 0.197 e. The monoisotopic (exact) mass is 235 g/mol. The molecule has 0 aliphatic heterocycles. The van der Waals surface area contributed by atoms with Gasteiger partial charge in [0, 0.05) is 0 Å². The molecule has 2 aromatic rings. The molecule has 90 valence electrons. The van der Waals surface area contributed by atoms with Crippen molar-refractivity contribution in [1.29, 1.82) is 5.26 Å². The number of nitrogens with zero attached hydrogens (tertiary/aromatic N) is 1. The van der Waals surface area contributed by atoms with Gasteiger partial charge in [0.05, 0.1) is 11.5 Å². The van der Waals surface area contributed by atoms with Gasteiger partial charge in [-0.25, -0.2) is 0 Å². The van der Waals surface area contributed by atoms with Gasteiger partial charge in [-0.05, 0) is 31.4 Å². The van der Waals surface area contributed by atoms with Crippen LogP contribution in [0.3, 0.4) is 0 Å². The third-order valence-electron chi connectivity index (χ3n) is 3.30. The Kier molecular flexibility index (Phi) is 3.48. The Morgan fingerprint density at radius 1 is 1.06 bits per heavy atom. The molecule has 1 nitrogen and oxygen atoms in total. The summed E-state index contributed by atoms with van der Waals surface area (Å²) in [7, 11) is 0. The topological polar surface area (TPSA) is 23.8 Å². The first-order valence-corrected chi connectivity index (χ1v) is 6.16. The molecular weight excluding hydrogens is 218 g/mol. The quantitative estimate of drug-likeness (QED) is 0.788. The summed E-state index contributed by atoms with van der Waals surface area (Å²) < 4.78 is 0. The fourth-order valence-corrected chi connectivity index (χ4v) is 2.20. The summed E-state index contributed by atoms with van der Waals surface area (Å²) >= 11 is 0. The summed E-state index contributed by atoms with van der Waals surface area (Å²) in [6, 6.07) is 20.9. The van der Waals surface area contributed by atoms with Crippen molar-refractivity contribution in [2.24, 2.45) is 0 Å². The summed E-state index contributed by atoms with van der Waals surface area (Å²) in [4.78, 5) is 0. The second-order valence-electron chi connectivity index (χ2n) is 4.98. The fourth-order valence-electron chi connectivity index (χ4n) is 2.20. The van der Waals surface area contributed by atoms with Crippen LogP contribution >= 0.6 is 0 Å². The molecule has 1 heteroatoms. The van der Waals surface area contributed by atoms with Gasteiger partial charge in [0.2, 0.25) is 0 Å². The third kappa shape index (κ3) is 2.60. The Balaban J connectivity index is 2.35. The first-order chi connectivity index (χ1) is 8.64. The van der Waals surface area contributed by atoms with Crippen LogP contribution in [-0.2, 0) is 11.8 Å². The molecule has 2 rings (SSSR count). The average molecular weight is 235 g/mol. The molecule has 0 spiro atoms. The highest BCUT2D eigenvalue weighted by Crippen LogP contribution is 2.28. The Morgan fingerprint density at radius 3 is 2.39 bits per heavy atom. The predicted molar refractivity (Wildman–Crippen MR) is 74.3 cm³/mol. The zero-order valence-corrected chi connectivity index (χ0v) is 10.9. The maximum absolute atomic E-state index is 9.54. The van der Waals surface area contributed by atoms with Crippen molar-refractivity contribution in [2.45, 2.75) is 25.7 Å². The van der Waals surface area contributed by atoms with Crippen molar-refractivity contribution in [3.63, 3.8) is 0 Å². The number of benzene rings is 2. The van der Waals surface area contributed by atoms with E-state index in [1.165, 1.54) is 11.1 Å². The minimum absolute atomic E-state index is 0.465. The lowest BCUT2D eigenvalue weighted by Crippen LogP contribution is -2.22. The molecule has 0 amide bonds. The van der Waals surface area contributed by atoms with E-state index in [9.17, 15) is 5.26 Å². The maximum Gasteiger partial charge on any atom is 0.0834 e. The van der Waals surface area contributed by atoms with Gasteiger partial charge in [0.1, 0.15) is 0 Å². The standard InChI is InChI=1S/C17H17N/c1-14-7-6-10-16(11-14)17(2,13-18)12-15-8-4-3-5-9-15/h3-11H,12H2,1-2H3. The number of hydrogen-bond donors (Lipinski definition) is 0. The van der Waals surface area contributed by atoms with Crippen LogP contribution in [0, 0.1) is 18.3 Å². The second kappa shape index (κ2) is 5.06. The van der Waals surface area contributed by atoms with E-state index >= 15 is 0 Å². The van der Waals surface area contributed by atoms with Crippen molar-refractivity contribution in [2.75, 3.05) is 0 Å². The Bertz CT molecular complexity index is 566. The summed E-state index contributed by atoms with van der Waals surface area (Å²) in [5.41, 5.74) is 3.02. The summed E-state index contributed by atoms with van der Waals surface area (Å²) in [5, 5.41) is 9.54. The number of aryl methyl sites for hydroxylation is 1. The fraction of sp³-hybridized carbons (Fsp3) is 0.235. The van der Waals surface area contributed by atoms with E-state index in [4.69, 9.17) is 0 Å². The molecule has 18 heavy (non-hydrogen) atoms. The Morgan fingerprint density at radius 2 is 1.78 bits per heavy atom. The van der Waals surface area contributed by atoms with Crippen molar-refractivity contribution >= 4 is 0 Å². The van der Waals surface area contributed by atoms with Crippen LogP contribution in [0.15, 0.2) is 54.6 Å². The van der Waals surface area contributed by atoms with Gasteiger partial charge in [0.15, 0.2) is 0 Å². The minimum Gasteiger partial charge on any atom is -0.197 e. The van der Waals surface area contributed by atoms with Crippen molar-refractivity contribution in [3.05, 3.63) is 71.3 Å². The van der Waals surface area contributed by atoms with Gasteiger partial charge in [-0.2, -0.15) is 5.26 Å². The molecule has 0 saturated carbocycles. The zero-order valence-electron chi connectivity index (χ0n) is 10.9. The molecule has 1 atom stereocenters. The molecule has 2 aromatic carbocycles. The molecule has 0 N–H and O–H groups in total. The lowest BCUT2D eigenvalue weighted by Gasteiger charge is -2.22. The third-order valence-corrected chi connectivity index (χ3v) is 3.30. The highest BCUT2D eigenvalue weighted by molar-refractivity contribution is 5.36. The van der Waals surface area contributed by atoms with E-state index < -0.39 is 5.41 Å². The predicted octanol–water partition coefficient (Wildman–Crippen LogP) is 4.02. The summed E-state index contributed by atoms with van der Waals surface area (Å²) in [6.45, 7) is 4.07. The van der Waals surface area contributed by atoms with Gasteiger partial charge in [-0.1, -0.05) is 60.2 Å². The average Bonchev–Trinajstić information content (AvgIpc) is 2.40. The molecule has 0 radical (unpaired) electrons. The van der Waals surface area contributed by atoms with E-state index in [1.807, 2.05) is 37.3 Å². The molecule has 0 heterocycles. The molecule has 0 saturated heterocycles. The normalized spacial score (nSPS) is 13.6. The minimum atomic E-state index is -0.465. The van der Waals surface area contributed by atoms with E-state index in [0.717, 1.165) is 12.0 Å². The first kappa shape index (κ1) is 12.4. The van der Waals surface area contributed by atoms with Crippen LogP contribution in [0.1, 0.15) is 23.6 Å². The Hall–Kier alpha value is -2.07. The smallest absolute Gasteiger partial charge is 0.0834 e. The molecule has 0 aliphatic rings. The first-order valence-electron chi connectivity index (χ1n) is 6.16. The molecule has 0 fully saturated rings. The highest BCUT2D eigenvalue weighted by Gasteiger charge is 2.26. The van der Waals surface area contributed by atoms with Crippen LogP contribution in [0.2, 0.25) is 0 Å². The van der Waals surface area contributed by atoms with Gasteiger partial charge in [-0.15, -0.1) is 0 Å². The SMILES string of the molecule is Cc1cccc(C(C)(C#N)Cc2ccccc2)c1. The molecule has 0 bridgehead atoms. The molecule has 1 unspecified atom stereocenters. The number of nitriles is 1.